The van der Waals surface area contributed by atoms with E-state index >= 15 is 0 Å². The van der Waals surface area contributed by atoms with Crippen molar-refractivity contribution in [3.05, 3.63) is 121 Å². The average molecular weight is 470 g/mol. The molecule has 3 heteroatoms. The van der Waals surface area contributed by atoms with Gasteiger partial charge in [0.2, 0.25) is 0 Å². The van der Waals surface area contributed by atoms with Crippen LogP contribution in [0.3, 0.4) is 0 Å². The van der Waals surface area contributed by atoms with Crippen LogP contribution in [0.15, 0.2) is 121 Å². The van der Waals surface area contributed by atoms with Gasteiger partial charge in [-0.2, -0.15) is 0 Å². The van der Waals surface area contributed by atoms with Crippen molar-refractivity contribution in [1.29, 1.82) is 0 Å². The van der Waals surface area contributed by atoms with Crippen LogP contribution < -0.4 is 27.0 Å². The summed E-state index contributed by atoms with van der Waals surface area (Å²) in [5, 5.41) is 5.64. The first-order valence-electron chi connectivity index (χ1n) is 11.7. The normalized spacial score (nSPS) is 11.8. The zero-order valence-electron chi connectivity index (χ0n) is 19.3. The molecule has 0 radical (unpaired) electrons. The molecule has 0 fully saturated rings. The molecule has 0 atom stereocenters. The minimum Gasteiger partial charge on any atom is -0.324 e. The Morgan fingerprint density at radius 1 is 0.515 bits per heavy atom. The van der Waals surface area contributed by atoms with E-state index < -0.39 is 15.8 Å². The second-order valence-electron chi connectivity index (χ2n) is 8.63. The van der Waals surface area contributed by atoms with Gasteiger partial charge in [-0.3, -0.25) is 0 Å². The Hall–Kier alpha value is -2.30. The highest BCUT2D eigenvalue weighted by Crippen LogP contribution is 2.44. The summed E-state index contributed by atoms with van der Waals surface area (Å²) in [4.78, 5) is 0. The fourth-order valence-electron chi connectivity index (χ4n) is 4.43. The van der Waals surface area contributed by atoms with Crippen LogP contribution in [0.25, 0.3) is 0 Å². The number of hydrogen-bond donors (Lipinski definition) is 1. The van der Waals surface area contributed by atoms with Crippen molar-refractivity contribution in [3.8, 4) is 0 Å². The van der Waals surface area contributed by atoms with Gasteiger partial charge in [0.15, 0.2) is 0 Å². The van der Waals surface area contributed by atoms with Gasteiger partial charge in [-0.25, -0.2) is 0 Å². The van der Waals surface area contributed by atoms with Crippen LogP contribution in [0, 0.1) is 0 Å². The predicted molar refractivity (Wildman–Crippen MR) is 150 cm³/mol. The zero-order valence-corrected chi connectivity index (χ0v) is 21.1. The third-order valence-electron chi connectivity index (χ3n) is 5.97. The number of benzene rings is 4. The average Bonchev–Trinajstić information content (AvgIpc) is 2.88. The van der Waals surface area contributed by atoms with Gasteiger partial charge in [0.1, 0.15) is 0 Å². The van der Waals surface area contributed by atoms with Gasteiger partial charge in [-0.15, -0.1) is 0 Å². The standard InChI is InChI=1S/C30H33NP2/c1-2-23-30(31,24-32(26-15-7-3-8-16-26)27-17-9-4-10-18-27)25-33(28-19-11-5-12-20-28)29-21-13-6-14-22-29/h3-22H,2,23-25,31H2,1H3. The molecular weight excluding hydrogens is 436 g/mol. The SMILES string of the molecule is CCCC(N)(CP(c1ccccc1)c1ccccc1)CP(c1ccccc1)c1ccccc1. The zero-order chi connectivity index (χ0) is 22.9. The molecule has 4 rings (SSSR count). The number of rotatable bonds is 10. The van der Waals surface area contributed by atoms with E-state index in [0.717, 1.165) is 25.2 Å². The fraction of sp³-hybridized carbons (Fsp3) is 0.200. The maximum atomic E-state index is 7.39. The molecule has 4 aromatic rings. The lowest BCUT2D eigenvalue weighted by molar-refractivity contribution is 0.484. The lowest BCUT2D eigenvalue weighted by Crippen LogP contribution is -2.48. The lowest BCUT2D eigenvalue weighted by Gasteiger charge is -2.37. The minimum absolute atomic E-state index is 0.233. The van der Waals surface area contributed by atoms with E-state index in [1.807, 2.05) is 0 Å². The molecule has 168 valence electrons. The van der Waals surface area contributed by atoms with Gasteiger partial charge in [0.05, 0.1) is 0 Å². The minimum atomic E-state index is -0.533. The van der Waals surface area contributed by atoms with Crippen molar-refractivity contribution in [2.75, 3.05) is 12.3 Å². The Morgan fingerprint density at radius 2 is 0.788 bits per heavy atom. The lowest BCUT2D eigenvalue weighted by atomic mass is 10.0. The first-order chi connectivity index (χ1) is 16.2. The molecule has 0 spiro atoms. The highest BCUT2D eigenvalue weighted by molar-refractivity contribution is 7.74. The Labute approximate surface area is 201 Å². The van der Waals surface area contributed by atoms with Crippen LogP contribution in [-0.4, -0.2) is 17.9 Å². The molecule has 1 nitrogen and oxygen atoms in total. The van der Waals surface area contributed by atoms with Gasteiger partial charge < -0.3 is 5.73 Å². The highest BCUT2D eigenvalue weighted by Gasteiger charge is 2.33. The topological polar surface area (TPSA) is 26.0 Å². The number of nitrogens with two attached hydrogens (primary N) is 1. The summed E-state index contributed by atoms with van der Waals surface area (Å²) in [7, 11) is -1.07. The van der Waals surface area contributed by atoms with Crippen LogP contribution in [0.5, 0.6) is 0 Å². The maximum Gasteiger partial charge on any atom is 0.0245 e. The summed E-state index contributed by atoms with van der Waals surface area (Å²) in [6.07, 6.45) is 4.13. The van der Waals surface area contributed by atoms with E-state index in [0.29, 0.717) is 0 Å². The van der Waals surface area contributed by atoms with Crippen LogP contribution in [-0.2, 0) is 0 Å². The van der Waals surface area contributed by atoms with E-state index in [-0.39, 0.29) is 5.54 Å². The van der Waals surface area contributed by atoms with Gasteiger partial charge in [0.25, 0.3) is 0 Å². The molecular formula is C30H33NP2. The van der Waals surface area contributed by atoms with Crippen LogP contribution in [0.2, 0.25) is 0 Å². The summed E-state index contributed by atoms with van der Waals surface area (Å²) in [5.74, 6) is 0. The molecule has 0 heterocycles. The summed E-state index contributed by atoms with van der Waals surface area (Å²) in [6, 6.07) is 43.9. The summed E-state index contributed by atoms with van der Waals surface area (Å²) < 4.78 is 0. The molecule has 0 aliphatic carbocycles. The second kappa shape index (κ2) is 11.7. The maximum absolute atomic E-state index is 7.39. The molecule has 0 bridgehead atoms. The Kier molecular flexibility index (Phi) is 8.46. The molecule has 0 aliphatic rings. The smallest absolute Gasteiger partial charge is 0.0245 e. The van der Waals surface area contributed by atoms with Gasteiger partial charge in [-0.05, 0) is 55.8 Å². The predicted octanol–water partition coefficient (Wildman–Crippen LogP) is 5.75. The highest BCUT2D eigenvalue weighted by atomic mass is 31.1. The van der Waals surface area contributed by atoms with E-state index in [1.54, 1.807) is 0 Å². The largest absolute Gasteiger partial charge is 0.324 e. The molecule has 0 aliphatic heterocycles. The third-order valence-corrected chi connectivity index (χ3v) is 11.5. The summed E-state index contributed by atoms with van der Waals surface area (Å²) in [6.45, 7) is 2.27. The van der Waals surface area contributed by atoms with E-state index in [1.165, 1.54) is 21.2 Å². The van der Waals surface area contributed by atoms with Gasteiger partial charge >= 0.3 is 0 Å². The molecule has 2 N–H and O–H groups in total. The number of hydrogen-bond acceptors (Lipinski definition) is 1. The fourth-order valence-corrected chi connectivity index (χ4v) is 9.86. The Bertz CT molecular complexity index is 921. The third kappa shape index (κ3) is 6.39. The molecule has 0 unspecified atom stereocenters. The molecule has 0 saturated heterocycles. The van der Waals surface area contributed by atoms with Crippen molar-refractivity contribution in [3.63, 3.8) is 0 Å². The van der Waals surface area contributed by atoms with E-state index in [4.69, 9.17) is 5.73 Å². The van der Waals surface area contributed by atoms with Gasteiger partial charge in [0, 0.05) is 5.54 Å². The van der Waals surface area contributed by atoms with Crippen LogP contribution in [0.4, 0.5) is 0 Å². The Morgan fingerprint density at radius 3 is 1.03 bits per heavy atom. The van der Waals surface area contributed by atoms with Gasteiger partial charge in [-0.1, -0.05) is 135 Å². The molecule has 0 saturated carbocycles. The Balaban J connectivity index is 1.71. The quantitative estimate of drug-likeness (QED) is 0.294. The monoisotopic (exact) mass is 469 g/mol. The van der Waals surface area contributed by atoms with Crippen molar-refractivity contribution >= 4 is 37.1 Å². The van der Waals surface area contributed by atoms with E-state index in [9.17, 15) is 0 Å². The van der Waals surface area contributed by atoms with E-state index in [2.05, 4.69) is 128 Å². The first-order valence-corrected chi connectivity index (χ1v) is 14.8. The van der Waals surface area contributed by atoms with Crippen molar-refractivity contribution in [1.82, 2.24) is 0 Å². The summed E-state index contributed by atoms with van der Waals surface area (Å²) in [5.41, 5.74) is 7.16. The molecule has 33 heavy (non-hydrogen) atoms. The summed E-state index contributed by atoms with van der Waals surface area (Å²) >= 11 is 0. The van der Waals surface area contributed by atoms with Crippen LogP contribution >= 0.6 is 15.8 Å². The van der Waals surface area contributed by atoms with Crippen molar-refractivity contribution in [2.24, 2.45) is 5.73 Å². The van der Waals surface area contributed by atoms with Crippen LogP contribution in [0.1, 0.15) is 19.8 Å². The van der Waals surface area contributed by atoms with Crippen molar-refractivity contribution in [2.45, 2.75) is 25.3 Å². The molecule has 4 aromatic carbocycles. The molecule has 0 aromatic heterocycles. The van der Waals surface area contributed by atoms with Crippen molar-refractivity contribution < 1.29 is 0 Å². The first kappa shape index (κ1) is 23.8. The second-order valence-corrected chi connectivity index (χ2v) is 13.0. The molecule has 0 amide bonds.